The van der Waals surface area contributed by atoms with E-state index in [1.807, 2.05) is 12.3 Å². The highest BCUT2D eigenvalue weighted by atomic mass is 14.7. The standard InChI is InChI=1S/C17H21N/c1-3-5-8-15-11-10-14(4-2)13-16(15)17-9-6-7-12-18-17/h3,5-7,9-10,12-13,15H,4,8,11H2,1-2H3. The summed E-state index contributed by atoms with van der Waals surface area (Å²) in [5.41, 5.74) is 3.96. The molecule has 0 spiro atoms. The zero-order valence-corrected chi connectivity index (χ0v) is 11.3. The van der Waals surface area contributed by atoms with Crippen molar-refractivity contribution in [3.05, 3.63) is 60.0 Å². The summed E-state index contributed by atoms with van der Waals surface area (Å²) >= 11 is 0. The Morgan fingerprint density at radius 3 is 2.94 bits per heavy atom. The Morgan fingerprint density at radius 2 is 2.28 bits per heavy atom. The number of hydrogen-bond donors (Lipinski definition) is 0. The van der Waals surface area contributed by atoms with E-state index in [1.165, 1.54) is 11.1 Å². The number of aromatic nitrogens is 1. The van der Waals surface area contributed by atoms with E-state index in [9.17, 15) is 0 Å². The number of hydrogen-bond acceptors (Lipinski definition) is 1. The summed E-state index contributed by atoms with van der Waals surface area (Å²) in [4.78, 5) is 4.51. The molecule has 1 unspecified atom stereocenters. The van der Waals surface area contributed by atoms with Gasteiger partial charge in [-0.15, -0.1) is 0 Å². The second-order valence-electron chi connectivity index (χ2n) is 4.68. The van der Waals surface area contributed by atoms with E-state index in [1.54, 1.807) is 0 Å². The average molecular weight is 239 g/mol. The van der Waals surface area contributed by atoms with E-state index in [0.717, 1.165) is 25.0 Å². The smallest absolute Gasteiger partial charge is 0.0664 e. The van der Waals surface area contributed by atoms with Crippen molar-refractivity contribution in [2.45, 2.75) is 33.1 Å². The maximum Gasteiger partial charge on any atom is 0.0664 e. The molecule has 1 aromatic heterocycles. The molecule has 0 saturated carbocycles. The summed E-state index contributed by atoms with van der Waals surface area (Å²) in [6.07, 6.45) is 14.3. The van der Waals surface area contributed by atoms with Gasteiger partial charge in [-0.2, -0.15) is 0 Å². The Balaban J connectivity index is 2.29. The van der Waals surface area contributed by atoms with Crippen LogP contribution in [0.5, 0.6) is 0 Å². The van der Waals surface area contributed by atoms with Crippen molar-refractivity contribution in [1.29, 1.82) is 0 Å². The van der Waals surface area contributed by atoms with Gasteiger partial charge < -0.3 is 0 Å². The van der Waals surface area contributed by atoms with Crippen molar-refractivity contribution in [1.82, 2.24) is 4.98 Å². The third-order valence-corrected chi connectivity index (χ3v) is 3.47. The fourth-order valence-electron chi connectivity index (χ4n) is 2.38. The molecule has 0 bridgehead atoms. The van der Waals surface area contributed by atoms with Crippen LogP contribution in [0.2, 0.25) is 0 Å². The maximum absolute atomic E-state index is 4.51. The molecule has 0 saturated heterocycles. The van der Waals surface area contributed by atoms with Crippen LogP contribution >= 0.6 is 0 Å². The Labute approximate surface area is 110 Å². The summed E-state index contributed by atoms with van der Waals surface area (Å²) in [7, 11) is 0. The van der Waals surface area contributed by atoms with Gasteiger partial charge in [-0.25, -0.2) is 0 Å². The Morgan fingerprint density at radius 1 is 1.39 bits per heavy atom. The highest BCUT2D eigenvalue weighted by Crippen LogP contribution is 2.34. The average Bonchev–Trinajstić information content (AvgIpc) is 2.46. The van der Waals surface area contributed by atoms with E-state index in [2.05, 4.69) is 55.3 Å². The minimum Gasteiger partial charge on any atom is -0.257 e. The van der Waals surface area contributed by atoms with Gasteiger partial charge in [-0.1, -0.05) is 42.9 Å². The fourth-order valence-corrected chi connectivity index (χ4v) is 2.38. The summed E-state index contributed by atoms with van der Waals surface area (Å²) in [5, 5.41) is 0. The number of pyridine rings is 1. The van der Waals surface area contributed by atoms with Crippen molar-refractivity contribution in [3.63, 3.8) is 0 Å². The Kier molecular flexibility index (Phi) is 4.52. The van der Waals surface area contributed by atoms with Crippen LogP contribution in [0, 0.1) is 5.92 Å². The molecule has 18 heavy (non-hydrogen) atoms. The van der Waals surface area contributed by atoms with Crippen LogP contribution in [0.25, 0.3) is 5.57 Å². The van der Waals surface area contributed by atoms with Crippen molar-refractivity contribution in [2.75, 3.05) is 0 Å². The third kappa shape index (κ3) is 2.98. The summed E-state index contributed by atoms with van der Waals surface area (Å²) < 4.78 is 0. The zero-order chi connectivity index (χ0) is 12.8. The molecule has 1 aliphatic rings. The highest BCUT2D eigenvalue weighted by molar-refractivity contribution is 5.69. The molecule has 0 aliphatic heterocycles. The monoisotopic (exact) mass is 239 g/mol. The van der Waals surface area contributed by atoms with Gasteiger partial charge >= 0.3 is 0 Å². The van der Waals surface area contributed by atoms with Crippen LogP contribution in [0.4, 0.5) is 0 Å². The number of rotatable bonds is 4. The van der Waals surface area contributed by atoms with Gasteiger partial charge in [0.1, 0.15) is 0 Å². The van der Waals surface area contributed by atoms with Crippen molar-refractivity contribution in [3.8, 4) is 0 Å². The van der Waals surface area contributed by atoms with Gasteiger partial charge in [-0.3, -0.25) is 4.98 Å². The van der Waals surface area contributed by atoms with Gasteiger partial charge in [0.15, 0.2) is 0 Å². The van der Waals surface area contributed by atoms with Crippen LogP contribution in [0.3, 0.4) is 0 Å². The molecule has 94 valence electrons. The SMILES string of the molecule is CC=CCC1CC=C(CC)C=C1c1ccccn1. The molecular weight excluding hydrogens is 218 g/mol. The first kappa shape index (κ1) is 12.8. The van der Waals surface area contributed by atoms with Crippen molar-refractivity contribution < 1.29 is 0 Å². The van der Waals surface area contributed by atoms with E-state index in [0.29, 0.717) is 5.92 Å². The normalized spacial score (nSPS) is 19.8. The number of nitrogens with zero attached hydrogens (tertiary/aromatic N) is 1. The fraction of sp³-hybridized carbons (Fsp3) is 0.353. The summed E-state index contributed by atoms with van der Waals surface area (Å²) in [6, 6.07) is 6.16. The highest BCUT2D eigenvalue weighted by Gasteiger charge is 2.18. The predicted octanol–water partition coefficient (Wildman–Crippen LogP) is 4.79. The number of allylic oxidation sites excluding steroid dienone is 6. The van der Waals surface area contributed by atoms with Gasteiger partial charge in [0, 0.05) is 6.20 Å². The lowest BCUT2D eigenvalue weighted by Crippen LogP contribution is -2.07. The summed E-state index contributed by atoms with van der Waals surface area (Å²) in [6.45, 7) is 4.30. The minimum atomic E-state index is 0.575. The molecule has 0 aromatic carbocycles. The lowest BCUT2D eigenvalue weighted by atomic mass is 9.83. The molecule has 0 fully saturated rings. The topological polar surface area (TPSA) is 12.9 Å². The molecule has 0 amide bonds. The van der Waals surface area contributed by atoms with E-state index in [4.69, 9.17) is 0 Å². The molecule has 1 aromatic rings. The Hall–Kier alpha value is -1.63. The molecule has 0 N–H and O–H groups in total. The van der Waals surface area contributed by atoms with Crippen LogP contribution in [-0.2, 0) is 0 Å². The maximum atomic E-state index is 4.51. The van der Waals surface area contributed by atoms with Crippen LogP contribution in [0.1, 0.15) is 38.8 Å². The molecule has 1 atom stereocenters. The van der Waals surface area contributed by atoms with Gasteiger partial charge in [0.2, 0.25) is 0 Å². The first-order chi connectivity index (χ1) is 8.85. The minimum absolute atomic E-state index is 0.575. The second kappa shape index (κ2) is 6.34. The second-order valence-corrected chi connectivity index (χ2v) is 4.68. The first-order valence-electron chi connectivity index (χ1n) is 6.78. The van der Waals surface area contributed by atoms with Crippen LogP contribution in [0.15, 0.2) is 54.3 Å². The predicted molar refractivity (Wildman–Crippen MR) is 78.1 cm³/mol. The Bertz CT molecular complexity index is 466. The van der Waals surface area contributed by atoms with Crippen LogP contribution in [-0.4, -0.2) is 4.98 Å². The van der Waals surface area contributed by atoms with E-state index >= 15 is 0 Å². The lowest BCUT2D eigenvalue weighted by Gasteiger charge is -2.22. The van der Waals surface area contributed by atoms with Gasteiger partial charge in [0.25, 0.3) is 0 Å². The molecule has 1 heteroatoms. The first-order valence-corrected chi connectivity index (χ1v) is 6.78. The van der Waals surface area contributed by atoms with Crippen molar-refractivity contribution >= 4 is 5.57 Å². The zero-order valence-electron chi connectivity index (χ0n) is 11.3. The molecule has 2 rings (SSSR count). The molecule has 1 heterocycles. The largest absolute Gasteiger partial charge is 0.257 e. The molecular formula is C17H21N. The van der Waals surface area contributed by atoms with E-state index < -0.39 is 0 Å². The lowest BCUT2D eigenvalue weighted by molar-refractivity contribution is 0.679. The van der Waals surface area contributed by atoms with Gasteiger partial charge in [-0.05, 0) is 49.8 Å². The van der Waals surface area contributed by atoms with Gasteiger partial charge in [0.05, 0.1) is 5.69 Å². The van der Waals surface area contributed by atoms with Crippen LogP contribution < -0.4 is 0 Å². The molecule has 0 radical (unpaired) electrons. The van der Waals surface area contributed by atoms with E-state index in [-0.39, 0.29) is 0 Å². The quantitative estimate of drug-likeness (QED) is 0.688. The third-order valence-electron chi connectivity index (χ3n) is 3.47. The molecule has 1 aliphatic carbocycles. The van der Waals surface area contributed by atoms with Crippen molar-refractivity contribution in [2.24, 2.45) is 5.92 Å². The molecule has 1 nitrogen and oxygen atoms in total. The summed E-state index contributed by atoms with van der Waals surface area (Å²) in [5.74, 6) is 0.575.